The summed E-state index contributed by atoms with van der Waals surface area (Å²) in [4.78, 5) is 19.5. The molecule has 4 aliphatic rings. The van der Waals surface area contributed by atoms with Gasteiger partial charge in [-0.05, 0) is 38.6 Å². The molecule has 1 saturated carbocycles. The molecule has 3 aliphatic heterocycles. The average molecular weight is 410 g/mol. The number of carbonyl (C=O) groups is 1. The third-order valence-corrected chi connectivity index (χ3v) is 7.31. The number of nitrogens with zero attached hydrogens (tertiary/aromatic N) is 3. The molecule has 4 rings (SSSR count). The molecule has 1 amide bonds. The minimum atomic E-state index is -0.422. The first kappa shape index (κ1) is 21.5. The van der Waals surface area contributed by atoms with Gasteiger partial charge < -0.3 is 24.4 Å². The van der Waals surface area contributed by atoms with Gasteiger partial charge in [-0.3, -0.25) is 9.69 Å². The summed E-state index contributed by atoms with van der Waals surface area (Å²) >= 11 is 0. The first-order valence-electron chi connectivity index (χ1n) is 11.7. The van der Waals surface area contributed by atoms with Crippen LogP contribution in [0.1, 0.15) is 44.9 Å². The topological polar surface area (TPSA) is 65.5 Å². The van der Waals surface area contributed by atoms with Gasteiger partial charge in [0.15, 0.2) is 0 Å². The number of amides is 1. The van der Waals surface area contributed by atoms with E-state index in [1.807, 2.05) is 4.90 Å². The summed E-state index contributed by atoms with van der Waals surface area (Å²) < 4.78 is 12.2. The predicted molar refractivity (Wildman–Crippen MR) is 111 cm³/mol. The van der Waals surface area contributed by atoms with Crippen LogP contribution in [0.25, 0.3) is 0 Å². The van der Waals surface area contributed by atoms with Crippen LogP contribution in [-0.2, 0) is 14.3 Å². The number of likely N-dealkylation sites (N-methyl/N-ethyl adjacent to an activating group) is 1. The van der Waals surface area contributed by atoms with Gasteiger partial charge >= 0.3 is 0 Å². The molecule has 29 heavy (non-hydrogen) atoms. The van der Waals surface area contributed by atoms with Crippen molar-refractivity contribution in [2.45, 2.75) is 69.3 Å². The molecule has 3 saturated heterocycles. The SMILES string of the molecule is CN1CCN(C(=O)C[C@H]2CC[C@@H]3[C@H](COC[C@@H](O)CN3CC3CCCC3)O2)CC1. The van der Waals surface area contributed by atoms with Crippen LogP contribution in [0.3, 0.4) is 0 Å². The third kappa shape index (κ3) is 5.70. The Balaban J connectivity index is 1.33. The van der Waals surface area contributed by atoms with E-state index in [1.165, 1.54) is 25.7 Å². The molecule has 166 valence electrons. The fourth-order valence-corrected chi connectivity index (χ4v) is 5.56. The fourth-order valence-electron chi connectivity index (χ4n) is 5.56. The summed E-state index contributed by atoms with van der Waals surface area (Å²) in [5.41, 5.74) is 0. The van der Waals surface area contributed by atoms with E-state index in [1.54, 1.807) is 0 Å². The maximum Gasteiger partial charge on any atom is 0.225 e. The summed E-state index contributed by atoms with van der Waals surface area (Å²) in [5, 5.41) is 10.3. The lowest BCUT2D eigenvalue weighted by molar-refractivity contribution is -0.161. The first-order valence-corrected chi connectivity index (χ1v) is 11.7. The molecule has 7 heteroatoms. The largest absolute Gasteiger partial charge is 0.389 e. The molecule has 3 heterocycles. The van der Waals surface area contributed by atoms with Gasteiger partial charge in [-0.25, -0.2) is 0 Å². The van der Waals surface area contributed by atoms with Crippen molar-refractivity contribution >= 4 is 5.91 Å². The number of β-amino-alcohol motifs (C(OH)–C–C–N with tert-alkyl or cyclic N) is 1. The van der Waals surface area contributed by atoms with Gasteiger partial charge in [0.1, 0.15) is 0 Å². The molecule has 0 unspecified atom stereocenters. The smallest absolute Gasteiger partial charge is 0.225 e. The molecule has 0 radical (unpaired) electrons. The highest BCUT2D eigenvalue weighted by Gasteiger charge is 2.39. The van der Waals surface area contributed by atoms with Crippen molar-refractivity contribution in [2.75, 3.05) is 59.5 Å². The number of carbonyl (C=O) groups excluding carboxylic acids is 1. The van der Waals surface area contributed by atoms with Crippen molar-refractivity contribution in [3.8, 4) is 0 Å². The second kappa shape index (κ2) is 10.1. The van der Waals surface area contributed by atoms with Crippen LogP contribution in [0.2, 0.25) is 0 Å². The zero-order valence-electron chi connectivity index (χ0n) is 18.0. The van der Waals surface area contributed by atoms with Crippen LogP contribution in [0, 0.1) is 5.92 Å². The van der Waals surface area contributed by atoms with Crippen molar-refractivity contribution in [3.63, 3.8) is 0 Å². The monoisotopic (exact) mass is 409 g/mol. The number of aliphatic hydroxyl groups is 1. The molecule has 0 aromatic carbocycles. The van der Waals surface area contributed by atoms with E-state index in [0.29, 0.717) is 32.2 Å². The van der Waals surface area contributed by atoms with Gasteiger partial charge in [0.05, 0.1) is 37.9 Å². The Morgan fingerprint density at radius 3 is 2.55 bits per heavy atom. The molecular formula is C22H39N3O4. The van der Waals surface area contributed by atoms with Gasteiger partial charge in [-0.2, -0.15) is 0 Å². The number of piperazine rings is 1. The highest BCUT2D eigenvalue weighted by atomic mass is 16.5. The summed E-state index contributed by atoms with van der Waals surface area (Å²) in [5.74, 6) is 0.978. The molecule has 4 fully saturated rings. The zero-order valence-corrected chi connectivity index (χ0v) is 18.0. The van der Waals surface area contributed by atoms with E-state index >= 15 is 0 Å². The number of fused-ring (bicyclic) bond motifs is 1. The van der Waals surface area contributed by atoms with Gasteiger partial charge in [0.2, 0.25) is 5.91 Å². The van der Waals surface area contributed by atoms with E-state index in [2.05, 4.69) is 16.8 Å². The third-order valence-electron chi connectivity index (χ3n) is 7.31. The van der Waals surface area contributed by atoms with Crippen LogP contribution < -0.4 is 0 Å². The van der Waals surface area contributed by atoms with Gasteiger partial charge in [0.25, 0.3) is 0 Å². The van der Waals surface area contributed by atoms with Crippen molar-refractivity contribution in [1.82, 2.24) is 14.7 Å². The fraction of sp³-hybridized carbons (Fsp3) is 0.955. The molecule has 0 aromatic heterocycles. The molecule has 0 bridgehead atoms. The van der Waals surface area contributed by atoms with Crippen molar-refractivity contribution in [1.29, 1.82) is 0 Å². The van der Waals surface area contributed by atoms with Crippen LogP contribution >= 0.6 is 0 Å². The lowest BCUT2D eigenvalue weighted by atomic mass is 9.93. The van der Waals surface area contributed by atoms with E-state index in [-0.39, 0.29) is 18.1 Å². The van der Waals surface area contributed by atoms with Crippen LogP contribution in [0.15, 0.2) is 0 Å². The van der Waals surface area contributed by atoms with E-state index in [0.717, 1.165) is 51.5 Å². The Hall–Kier alpha value is -0.730. The Bertz CT molecular complexity index is 534. The summed E-state index contributed by atoms with van der Waals surface area (Å²) in [7, 11) is 2.11. The first-order chi connectivity index (χ1) is 14.1. The molecule has 0 aromatic rings. The van der Waals surface area contributed by atoms with Crippen molar-refractivity contribution in [3.05, 3.63) is 0 Å². The zero-order chi connectivity index (χ0) is 20.2. The molecule has 7 nitrogen and oxygen atoms in total. The van der Waals surface area contributed by atoms with Gasteiger partial charge in [0, 0.05) is 45.3 Å². The predicted octanol–water partition coefficient (Wildman–Crippen LogP) is 0.950. The van der Waals surface area contributed by atoms with Crippen LogP contribution in [0.5, 0.6) is 0 Å². The second-order valence-corrected chi connectivity index (χ2v) is 9.63. The Morgan fingerprint density at radius 1 is 1.03 bits per heavy atom. The molecule has 1 N–H and O–H groups in total. The van der Waals surface area contributed by atoms with E-state index in [9.17, 15) is 9.90 Å². The lowest BCUT2D eigenvalue weighted by Gasteiger charge is -2.45. The Labute approximate surface area is 175 Å². The van der Waals surface area contributed by atoms with E-state index in [4.69, 9.17) is 9.47 Å². The number of hydrogen-bond donors (Lipinski definition) is 1. The van der Waals surface area contributed by atoms with Crippen LogP contribution in [0.4, 0.5) is 0 Å². The normalized spacial score (nSPS) is 35.9. The van der Waals surface area contributed by atoms with Gasteiger partial charge in [-0.1, -0.05) is 12.8 Å². The number of ether oxygens (including phenoxy) is 2. The molecular weight excluding hydrogens is 370 g/mol. The highest BCUT2D eigenvalue weighted by Crippen LogP contribution is 2.31. The van der Waals surface area contributed by atoms with E-state index < -0.39 is 6.10 Å². The molecule has 1 aliphatic carbocycles. The van der Waals surface area contributed by atoms with Gasteiger partial charge in [-0.15, -0.1) is 0 Å². The lowest BCUT2D eigenvalue weighted by Crippen LogP contribution is -2.57. The molecule has 0 spiro atoms. The number of rotatable bonds is 4. The van der Waals surface area contributed by atoms with Crippen LogP contribution in [-0.4, -0.2) is 110 Å². The average Bonchev–Trinajstić information content (AvgIpc) is 3.20. The molecule has 4 atom stereocenters. The summed E-state index contributed by atoms with van der Waals surface area (Å²) in [6.07, 6.45) is 7.29. The second-order valence-electron chi connectivity index (χ2n) is 9.63. The van der Waals surface area contributed by atoms with Crippen molar-refractivity contribution in [2.24, 2.45) is 5.92 Å². The maximum atomic E-state index is 12.7. The summed E-state index contributed by atoms with van der Waals surface area (Å²) in [6, 6.07) is 0.292. The minimum absolute atomic E-state index is 0.00272. The number of aliphatic hydroxyl groups excluding tert-OH is 1. The quantitative estimate of drug-likeness (QED) is 0.746. The van der Waals surface area contributed by atoms with Crippen molar-refractivity contribution < 1.29 is 19.4 Å². The minimum Gasteiger partial charge on any atom is -0.389 e. The summed E-state index contributed by atoms with van der Waals surface area (Å²) in [6.45, 7) is 6.18. The highest BCUT2D eigenvalue weighted by molar-refractivity contribution is 5.76. The number of hydrogen-bond acceptors (Lipinski definition) is 6. The maximum absolute atomic E-state index is 12.7. The Morgan fingerprint density at radius 2 is 1.79 bits per heavy atom. The standard InChI is InChI=1S/C22H39N3O4/c1-23-8-10-24(11-9-23)22(27)12-19-6-7-20-21(29-19)16-28-15-18(26)14-25(20)13-17-4-2-3-5-17/h17-21,26H,2-16H2,1H3/t18-,19+,20+,21-/m0/s1. The Kier molecular flexibility index (Phi) is 7.45.